The van der Waals surface area contributed by atoms with Crippen molar-refractivity contribution < 1.29 is 36.6 Å². The maximum Gasteiger partial charge on any atom is 0.408 e. The van der Waals surface area contributed by atoms with Gasteiger partial charge >= 0.3 is 12.1 Å². The summed E-state index contributed by atoms with van der Waals surface area (Å²) in [6.07, 6.45) is -3.58. The zero-order chi connectivity index (χ0) is 29.6. The fourth-order valence-electron chi connectivity index (χ4n) is 4.84. The van der Waals surface area contributed by atoms with Gasteiger partial charge in [-0.3, -0.25) is 24.1 Å². The van der Waals surface area contributed by atoms with Crippen LogP contribution < -0.4 is 15.2 Å². The first-order valence-corrected chi connectivity index (χ1v) is 13.6. The van der Waals surface area contributed by atoms with Gasteiger partial charge in [0, 0.05) is 35.4 Å². The molecule has 3 heterocycles. The summed E-state index contributed by atoms with van der Waals surface area (Å²) in [4.78, 5) is 38.9. The van der Waals surface area contributed by atoms with E-state index < -0.39 is 66.3 Å². The van der Waals surface area contributed by atoms with E-state index in [0.717, 1.165) is 19.9 Å². The summed E-state index contributed by atoms with van der Waals surface area (Å²) in [7, 11) is 0. The summed E-state index contributed by atoms with van der Waals surface area (Å²) in [6.45, 7) is 0.583. The summed E-state index contributed by atoms with van der Waals surface area (Å²) in [5.41, 5.74) is -0.00155. The van der Waals surface area contributed by atoms with E-state index in [2.05, 4.69) is 0 Å². The van der Waals surface area contributed by atoms with Crippen LogP contribution in [0.1, 0.15) is 47.1 Å². The van der Waals surface area contributed by atoms with Gasteiger partial charge in [0.1, 0.15) is 18.5 Å². The van der Waals surface area contributed by atoms with Crippen LogP contribution in [-0.4, -0.2) is 47.1 Å². The maximum atomic E-state index is 15.2. The van der Waals surface area contributed by atoms with Crippen molar-refractivity contribution in [3.05, 3.63) is 92.1 Å². The van der Waals surface area contributed by atoms with Gasteiger partial charge in [0.2, 0.25) is 18.0 Å². The molecule has 0 bridgehead atoms. The van der Waals surface area contributed by atoms with Crippen molar-refractivity contribution in [3.8, 4) is 5.75 Å². The van der Waals surface area contributed by atoms with E-state index in [1.165, 1.54) is 39.8 Å². The molecule has 0 saturated heterocycles. The second kappa shape index (κ2) is 10.9. The fraction of sp³-hybridized carbons (Fsp3) is 0.296. The van der Waals surface area contributed by atoms with Gasteiger partial charge in [0.15, 0.2) is 5.69 Å². The molecule has 216 valence electrons. The normalized spacial score (nSPS) is 17.2. The summed E-state index contributed by atoms with van der Waals surface area (Å²) in [6, 6.07) is 7.36. The van der Waals surface area contributed by atoms with Gasteiger partial charge in [-0.25, -0.2) is 4.39 Å². The largest absolute Gasteiger partial charge is 0.451 e. The first-order chi connectivity index (χ1) is 19.4. The smallest absolute Gasteiger partial charge is 0.408 e. The number of nitrogens with zero attached hydrogens (tertiary/aromatic N) is 3. The highest BCUT2D eigenvalue weighted by atomic mass is 35.5. The first kappa shape index (κ1) is 28.8. The van der Waals surface area contributed by atoms with Crippen molar-refractivity contribution in [1.29, 1.82) is 0 Å². The van der Waals surface area contributed by atoms with E-state index in [9.17, 15) is 27.6 Å². The number of rotatable bonds is 5. The third kappa shape index (κ3) is 5.23. The topological polar surface area (TPSA) is 81.1 Å². The molecule has 2 aliphatic rings. The Morgan fingerprint density at radius 3 is 2.56 bits per heavy atom. The zero-order valence-corrected chi connectivity index (χ0v) is 23.1. The van der Waals surface area contributed by atoms with Crippen molar-refractivity contribution in [1.82, 2.24) is 9.58 Å². The van der Waals surface area contributed by atoms with E-state index >= 15 is 4.39 Å². The highest BCUT2D eigenvalue weighted by molar-refractivity contribution is 7.98. The highest BCUT2D eigenvalue weighted by Gasteiger charge is 2.48. The van der Waals surface area contributed by atoms with E-state index in [0.29, 0.717) is 31.5 Å². The Kier molecular flexibility index (Phi) is 7.68. The predicted octanol–water partition coefficient (Wildman–Crippen LogP) is 5.24. The third-order valence-electron chi connectivity index (χ3n) is 6.88. The average molecular weight is 612 g/mol. The number of hydrogen-bond acceptors (Lipinski definition) is 7. The Morgan fingerprint density at radius 2 is 1.85 bits per heavy atom. The number of pyridine rings is 1. The van der Waals surface area contributed by atoms with Gasteiger partial charge in [-0.05, 0) is 30.2 Å². The van der Waals surface area contributed by atoms with E-state index in [-0.39, 0.29) is 5.75 Å². The minimum Gasteiger partial charge on any atom is -0.451 e. The number of fused-ring (bicyclic) bond motifs is 3. The number of halogens is 5. The van der Waals surface area contributed by atoms with Gasteiger partial charge in [-0.15, -0.1) is 11.8 Å². The number of thioether (sulfide) groups is 1. The quantitative estimate of drug-likeness (QED) is 0.222. The highest BCUT2D eigenvalue weighted by Crippen LogP contribution is 2.46. The summed E-state index contributed by atoms with van der Waals surface area (Å²) >= 11 is 7.82. The van der Waals surface area contributed by atoms with Gasteiger partial charge < -0.3 is 14.4 Å². The fourth-order valence-corrected chi connectivity index (χ4v) is 6.34. The molecule has 2 aromatic carbocycles. The SMILES string of the molecule is CC(=O)OCOc1c2n(ccc1=O)N([C@H]1c3cccc(F)c3CSc3c(Cl)cccc31)CN([C@H](C)C(F)(F)F)C2=O. The molecule has 2 aliphatic heterocycles. The van der Waals surface area contributed by atoms with Crippen LogP contribution in [0.15, 0.2) is 58.4 Å². The molecule has 0 radical (unpaired) electrons. The van der Waals surface area contributed by atoms with E-state index in [1.54, 1.807) is 24.3 Å². The van der Waals surface area contributed by atoms with Crippen molar-refractivity contribution in [2.75, 3.05) is 18.5 Å². The van der Waals surface area contributed by atoms with Crippen LogP contribution in [0.25, 0.3) is 0 Å². The Morgan fingerprint density at radius 1 is 1.15 bits per heavy atom. The van der Waals surface area contributed by atoms with Crippen LogP contribution in [0.2, 0.25) is 5.02 Å². The number of aromatic nitrogens is 1. The third-order valence-corrected chi connectivity index (χ3v) is 8.48. The lowest BCUT2D eigenvalue weighted by Gasteiger charge is -2.46. The van der Waals surface area contributed by atoms with E-state index in [4.69, 9.17) is 21.1 Å². The molecule has 5 rings (SSSR count). The number of hydrogen-bond donors (Lipinski definition) is 0. The Hall–Kier alpha value is -3.71. The van der Waals surface area contributed by atoms with E-state index in [1.807, 2.05) is 0 Å². The maximum absolute atomic E-state index is 15.2. The van der Waals surface area contributed by atoms with Gasteiger partial charge in [-0.1, -0.05) is 35.9 Å². The van der Waals surface area contributed by atoms with Crippen LogP contribution in [-0.2, 0) is 15.3 Å². The van der Waals surface area contributed by atoms with Crippen molar-refractivity contribution >= 4 is 35.2 Å². The number of carbonyl (C=O) groups excluding carboxylic acids is 2. The molecular weight excluding hydrogens is 590 g/mol. The molecule has 0 spiro atoms. The Balaban J connectivity index is 1.78. The van der Waals surface area contributed by atoms with Gasteiger partial charge in [0.05, 0.1) is 11.1 Å². The average Bonchev–Trinajstić information content (AvgIpc) is 3.07. The standard InChI is InChI=1S/C27H22ClF4N3O5S/c1-14(27(30,31)32)33-12-35(34-10-9-21(37)24(23(34)26(33)38)40-13-39-15(2)36)22-16-5-4-8-20(29)18(16)11-41-25-17(22)6-3-7-19(25)28/h3-10,14,22H,11-13H2,1-2H3/t14-,22+/m1/s1. The lowest BCUT2D eigenvalue weighted by molar-refractivity contribution is -0.173. The summed E-state index contributed by atoms with van der Waals surface area (Å²) in [5, 5.41) is 1.79. The number of esters is 1. The molecule has 1 aromatic heterocycles. The number of carbonyl (C=O) groups is 2. The van der Waals surface area contributed by atoms with Crippen LogP contribution in [0.3, 0.4) is 0 Å². The number of alkyl halides is 3. The molecule has 41 heavy (non-hydrogen) atoms. The second-order valence-electron chi connectivity index (χ2n) is 9.33. The lowest BCUT2D eigenvalue weighted by atomic mass is 9.94. The first-order valence-electron chi connectivity index (χ1n) is 12.2. The van der Waals surface area contributed by atoms with Crippen LogP contribution >= 0.6 is 23.4 Å². The molecule has 0 saturated carbocycles. The monoisotopic (exact) mass is 611 g/mol. The zero-order valence-electron chi connectivity index (χ0n) is 21.6. The van der Waals surface area contributed by atoms with Gasteiger partial charge in [-0.2, -0.15) is 13.2 Å². The molecule has 0 unspecified atom stereocenters. The number of amides is 1. The Bertz CT molecular complexity index is 1540. The van der Waals surface area contributed by atoms with Crippen molar-refractivity contribution in [2.45, 2.75) is 42.8 Å². The van der Waals surface area contributed by atoms with Crippen LogP contribution in [0, 0.1) is 5.82 Å². The lowest BCUT2D eigenvalue weighted by Crippen LogP contribution is -2.60. The molecule has 0 N–H and O–H groups in total. The molecule has 3 aromatic rings. The molecule has 0 aliphatic carbocycles. The van der Waals surface area contributed by atoms with Crippen LogP contribution in [0.4, 0.5) is 17.6 Å². The molecule has 8 nitrogen and oxygen atoms in total. The summed E-state index contributed by atoms with van der Waals surface area (Å²) in [5.74, 6) is -2.79. The number of benzene rings is 2. The Labute approximate surface area is 240 Å². The minimum atomic E-state index is -4.82. The number of ether oxygens (including phenoxy) is 2. The van der Waals surface area contributed by atoms with Crippen LogP contribution in [0.5, 0.6) is 5.75 Å². The minimum absolute atomic E-state index is 0.193. The summed E-state index contributed by atoms with van der Waals surface area (Å²) < 4.78 is 68.6. The second-order valence-corrected chi connectivity index (χ2v) is 10.7. The molecule has 1 amide bonds. The van der Waals surface area contributed by atoms with Gasteiger partial charge in [0.25, 0.3) is 5.91 Å². The molecular formula is C27H22ClF4N3O5S. The predicted molar refractivity (Wildman–Crippen MR) is 142 cm³/mol. The molecule has 2 atom stereocenters. The van der Waals surface area contributed by atoms with Crippen molar-refractivity contribution in [3.63, 3.8) is 0 Å². The molecule has 0 fully saturated rings. The van der Waals surface area contributed by atoms with Crippen molar-refractivity contribution in [2.24, 2.45) is 0 Å². The molecule has 14 heteroatoms.